The molecule has 100 valence electrons. The van der Waals surface area contributed by atoms with Crippen molar-refractivity contribution < 1.29 is 9.53 Å². The Morgan fingerprint density at radius 3 is 2.65 bits per heavy atom. The number of ether oxygens (including phenoxy) is 1. The number of carbonyl (C=O) groups is 1. The zero-order valence-electron chi connectivity index (χ0n) is 11.5. The summed E-state index contributed by atoms with van der Waals surface area (Å²) < 4.78 is 4.92. The second kappa shape index (κ2) is 7.70. The number of hydrogen-bond acceptors (Lipinski definition) is 3. The Labute approximate surface area is 105 Å². The molecule has 0 aromatic carbocycles. The van der Waals surface area contributed by atoms with Crippen molar-refractivity contribution in [2.45, 2.75) is 58.4 Å². The van der Waals surface area contributed by atoms with Crippen LogP contribution in [0.1, 0.15) is 52.4 Å². The van der Waals surface area contributed by atoms with Gasteiger partial charge in [-0.25, -0.2) is 0 Å². The maximum absolute atomic E-state index is 11.8. The maximum atomic E-state index is 11.8. The van der Waals surface area contributed by atoms with E-state index in [1.165, 1.54) is 26.4 Å². The summed E-state index contributed by atoms with van der Waals surface area (Å²) in [7, 11) is 1.50. The zero-order valence-corrected chi connectivity index (χ0v) is 11.5. The summed E-state index contributed by atoms with van der Waals surface area (Å²) in [6.07, 6.45) is 6.89. The maximum Gasteiger partial charge on any atom is 0.310 e. The quantitative estimate of drug-likeness (QED) is 0.594. The molecule has 1 aliphatic rings. The predicted octanol–water partition coefficient (Wildman–Crippen LogP) is 2.74. The number of hydrogen-bond donors (Lipinski definition) is 1. The van der Waals surface area contributed by atoms with Gasteiger partial charge in [-0.15, -0.1) is 0 Å². The molecule has 0 aromatic heterocycles. The van der Waals surface area contributed by atoms with Crippen molar-refractivity contribution in [3.8, 4) is 0 Å². The number of carbonyl (C=O) groups excluding carboxylic acids is 1. The molecule has 1 aliphatic carbocycles. The lowest BCUT2D eigenvalue weighted by atomic mass is 9.94. The van der Waals surface area contributed by atoms with Crippen LogP contribution in [0, 0.1) is 11.8 Å². The molecular formula is C14H27NO2. The van der Waals surface area contributed by atoms with E-state index < -0.39 is 0 Å². The minimum atomic E-state index is -0.0334. The Kier molecular flexibility index (Phi) is 6.56. The smallest absolute Gasteiger partial charge is 0.310 e. The first-order chi connectivity index (χ1) is 8.15. The third-order valence-electron chi connectivity index (χ3n) is 3.65. The molecule has 3 nitrogen and oxygen atoms in total. The first-order valence-corrected chi connectivity index (χ1v) is 6.96. The second-order valence-electron chi connectivity index (χ2n) is 5.51. The van der Waals surface area contributed by atoms with E-state index in [-0.39, 0.29) is 11.9 Å². The molecule has 0 aromatic rings. The Balaban J connectivity index is 2.47. The number of esters is 1. The molecule has 1 rings (SSSR count). The molecular weight excluding hydrogens is 214 g/mol. The fraction of sp³-hybridized carbons (Fsp3) is 0.929. The molecule has 3 heteroatoms. The Hall–Kier alpha value is -0.570. The summed E-state index contributed by atoms with van der Waals surface area (Å²) >= 11 is 0. The topological polar surface area (TPSA) is 38.3 Å². The molecule has 0 saturated heterocycles. The largest absolute Gasteiger partial charge is 0.469 e. The average Bonchev–Trinajstić information content (AvgIpc) is 2.53. The van der Waals surface area contributed by atoms with Crippen LogP contribution in [0.4, 0.5) is 0 Å². The summed E-state index contributed by atoms with van der Waals surface area (Å²) in [6.45, 7) is 5.47. The third kappa shape index (κ3) is 5.07. The molecule has 0 amide bonds. The van der Waals surface area contributed by atoms with Crippen molar-refractivity contribution in [1.82, 2.24) is 5.32 Å². The standard InChI is InChI=1S/C14H27NO2/c1-11(2)9-10-15-13-8-6-4-5-7-12(13)14(16)17-3/h11-13,15H,4-10H2,1-3H3/t12-,13+/m1/s1. The van der Waals surface area contributed by atoms with E-state index in [9.17, 15) is 4.79 Å². The third-order valence-corrected chi connectivity index (χ3v) is 3.65. The molecule has 0 heterocycles. The van der Waals surface area contributed by atoms with Crippen LogP contribution in [-0.2, 0) is 9.53 Å². The highest BCUT2D eigenvalue weighted by molar-refractivity contribution is 5.73. The van der Waals surface area contributed by atoms with Gasteiger partial charge in [-0.3, -0.25) is 4.79 Å². The van der Waals surface area contributed by atoms with E-state index >= 15 is 0 Å². The van der Waals surface area contributed by atoms with Gasteiger partial charge >= 0.3 is 5.97 Å². The van der Waals surface area contributed by atoms with Crippen LogP contribution in [0.15, 0.2) is 0 Å². The summed E-state index contributed by atoms with van der Waals surface area (Å²) in [5.41, 5.74) is 0. The van der Waals surface area contributed by atoms with Gasteiger partial charge in [0.05, 0.1) is 13.0 Å². The van der Waals surface area contributed by atoms with Gasteiger partial charge in [0, 0.05) is 6.04 Å². The van der Waals surface area contributed by atoms with Crippen LogP contribution >= 0.6 is 0 Å². The van der Waals surface area contributed by atoms with Gasteiger partial charge in [-0.2, -0.15) is 0 Å². The van der Waals surface area contributed by atoms with Gasteiger partial charge < -0.3 is 10.1 Å². The van der Waals surface area contributed by atoms with Crippen LogP contribution in [0.25, 0.3) is 0 Å². The lowest BCUT2D eigenvalue weighted by molar-refractivity contribution is -0.146. The molecule has 0 bridgehead atoms. The van der Waals surface area contributed by atoms with E-state index in [0.29, 0.717) is 12.0 Å². The fourth-order valence-corrected chi connectivity index (χ4v) is 2.54. The van der Waals surface area contributed by atoms with E-state index in [1.807, 2.05) is 0 Å². The van der Waals surface area contributed by atoms with Crippen molar-refractivity contribution in [3.63, 3.8) is 0 Å². The lowest BCUT2D eigenvalue weighted by Crippen LogP contribution is -2.40. The van der Waals surface area contributed by atoms with Gasteiger partial charge in [-0.05, 0) is 31.7 Å². The fourth-order valence-electron chi connectivity index (χ4n) is 2.54. The lowest BCUT2D eigenvalue weighted by Gasteiger charge is -2.24. The normalized spacial score (nSPS) is 25.6. The van der Waals surface area contributed by atoms with Gasteiger partial charge in [0.2, 0.25) is 0 Å². The molecule has 1 saturated carbocycles. The van der Waals surface area contributed by atoms with E-state index in [0.717, 1.165) is 25.8 Å². The average molecular weight is 241 g/mol. The van der Waals surface area contributed by atoms with Crippen molar-refractivity contribution in [1.29, 1.82) is 0 Å². The van der Waals surface area contributed by atoms with Crippen molar-refractivity contribution >= 4 is 5.97 Å². The van der Waals surface area contributed by atoms with Gasteiger partial charge in [0.1, 0.15) is 0 Å². The molecule has 0 spiro atoms. The molecule has 1 fully saturated rings. The number of methoxy groups -OCH3 is 1. The number of rotatable bonds is 5. The highest BCUT2D eigenvalue weighted by Gasteiger charge is 2.29. The van der Waals surface area contributed by atoms with Crippen LogP contribution < -0.4 is 5.32 Å². The molecule has 0 aliphatic heterocycles. The minimum absolute atomic E-state index is 0.0334. The molecule has 2 atom stereocenters. The highest BCUT2D eigenvalue weighted by atomic mass is 16.5. The van der Waals surface area contributed by atoms with E-state index in [2.05, 4.69) is 19.2 Å². The monoisotopic (exact) mass is 241 g/mol. The summed E-state index contributed by atoms with van der Waals surface area (Å²) in [4.78, 5) is 11.8. The molecule has 0 unspecified atom stereocenters. The summed E-state index contributed by atoms with van der Waals surface area (Å²) in [6, 6.07) is 0.323. The summed E-state index contributed by atoms with van der Waals surface area (Å²) in [5, 5.41) is 3.56. The van der Waals surface area contributed by atoms with Crippen LogP contribution in [-0.4, -0.2) is 25.7 Å². The van der Waals surface area contributed by atoms with Crippen molar-refractivity contribution in [2.24, 2.45) is 11.8 Å². The highest BCUT2D eigenvalue weighted by Crippen LogP contribution is 2.24. The predicted molar refractivity (Wildman–Crippen MR) is 69.8 cm³/mol. The second-order valence-corrected chi connectivity index (χ2v) is 5.51. The van der Waals surface area contributed by atoms with Crippen LogP contribution in [0.5, 0.6) is 0 Å². The minimum Gasteiger partial charge on any atom is -0.469 e. The summed E-state index contributed by atoms with van der Waals surface area (Å²) in [5.74, 6) is 0.744. The van der Waals surface area contributed by atoms with Gasteiger partial charge in [-0.1, -0.05) is 33.1 Å². The molecule has 17 heavy (non-hydrogen) atoms. The van der Waals surface area contributed by atoms with E-state index in [4.69, 9.17) is 4.74 Å². The van der Waals surface area contributed by atoms with Crippen LogP contribution in [0.3, 0.4) is 0 Å². The van der Waals surface area contributed by atoms with Crippen molar-refractivity contribution in [3.05, 3.63) is 0 Å². The van der Waals surface area contributed by atoms with Crippen molar-refractivity contribution in [2.75, 3.05) is 13.7 Å². The van der Waals surface area contributed by atoms with E-state index in [1.54, 1.807) is 0 Å². The Bertz CT molecular complexity index is 228. The Morgan fingerprint density at radius 1 is 1.29 bits per heavy atom. The van der Waals surface area contributed by atoms with Gasteiger partial charge in [0.25, 0.3) is 0 Å². The first kappa shape index (κ1) is 14.5. The molecule has 1 N–H and O–H groups in total. The Morgan fingerprint density at radius 2 is 2.00 bits per heavy atom. The number of nitrogens with one attached hydrogen (secondary N) is 1. The first-order valence-electron chi connectivity index (χ1n) is 6.96. The van der Waals surface area contributed by atoms with Gasteiger partial charge in [0.15, 0.2) is 0 Å². The van der Waals surface area contributed by atoms with Crippen LogP contribution in [0.2, 0.25) is 0 Å². The molecule has 0 radical (unpaired) electrons. The SMILES string of the molecule is COC(=O)[C@@H]1CCCCC[C@@H]1NCCC(C)C. The zero-order chi connectivity index (χ0) is 12.7.